The highest BCUT2D eigenvalue weighted by Gasteiger charge is 2.27. The van der Waals surface area contributed by atoms with E-state index in [0.717, 1.165) is 13.1 Å². The molecular weight excluding hydrogens is 208 g/mol. The van der Waals surface area contributed by atoms with Crippen LogP contribution in [0.1, 0.15) is 29.8 Å². The van der Waals surface area contributed by atoms with Crippen molar-refractivity contribution < 1.29 is 0 Å². The van der Waals surface area contributed by atoms with E-state index in [2.05, 4.69) is 35.0 Å². The minimum Gasteiger partial charge on any atom is -0.341 e. The van der Waals surface area contributed by atoms with Gasteiger partial charge in [-0.2, -0.15) is 0 Å². The number of fused-ring (bicyclic) bond motifs is 3. The molecule has 0 amide bonds. The van der Waals surface area contributed by atoms with Crippen LogP contribution in [0.2, 0.25) is 0 Å². The Morgan fingerprint density at radius 1 is 1.24 bits per heavy atom. The van der Waals surface area contributed by atoms with E-state index < -0.39 is 0 Å². The Kier molecular flexibility index (Phi) is 1.92. The molecule has 1 aromatic carbocycles. The van der Waals surface area contributed by atoms with Crippen LogP contribution < -0.4 is 5.32 Å². The third-order valence-corrected chi connectivity index (χ3v) is 4.37. The smallest absolute Gasteiger partial charge is 0.0521 e. The minimum atomic E-state index is 0.650. The van der Waals surface area contributed by atoms with E-state index in [1.807, 2.05) is 0 Å². The molecule has 2 aromatic rings. The lowest BCUT2D eigenvalue weighted by molar-refractivity contribution is 0.569. The molecule has 0 fully saturated rings. The normalized spacial score (nSPS) is 22.8. The van der Waals surface area contributed by atoms with Gasteiger partial charge in [0.05, 0.1) is 5.52 Å². The Hall–Kier alpha value is -1.28. The highest BCUT2D eigenvalue weighted by molar-refractivity contribution is 5.90. The number of hydrogen-bond donors (Lipinski definition) is 1. The van der Waals surface area contributed by atoms with Crippen LogP contribution >= 0.6 is 0 Å². The molecule has 0 saturated carbocycles. The van der Waals surface area contributed by atoms with Gasteiger partial charge in [0.2, 0.25) is 0 Å². The van der Waals surface area contributed by atoms with Gasteiger partial charge in [0.25, 0.3) is 0 Å². The van der Waals surface area contributed by atoms with Crippen molar-refractivity contribution in [3.63, 3.8) is 0 Å². The summed E-state index contributed by atoms with van der Waals surface area (Å²) in [5, 5.41) is 5.03. The second-order valence-corrected chi connectivity index (χ2v) is 5.41. The van der Waals surface area contributed by atoms with Crippen molar-refractivity contribution in [2.45, 2.75) is 32.2 Å². The Balaban J connectivity index is 2.10. The molecular formula is C15H18N2. The first kappa shape index (κ1) is 9.72. The van der Waals surface area contributed by atoms with Crippen LogP contribution in [0, 0.1) is 0 Å². The van der Waals surface area contributed by atoms with Crippen LogP contribution in [0.15, 0.2) is 18.2 Å². The Morgan fingerprint density at radius 2 is 2.12 bits per heavy atom. The van der Waals surface area contributed by atoms with E-state index in [4.69, 9.17) is 0 Å². The molecule has 4 rings (SSSR count). The monoisotopic (exact) mass is 226 g/mol. The number of hydrogen-bond acceptors (Lipinski definition) is 1. The third-order valence-electron chi connectivity index (χ3n) is 4.37. The lowest BCUT2D eigenvalue weighted by Gasteiger charge is -2.12. The van der Waals surface area contributed by atoms with Crippen molar-refractivity contribution in [2.75, 3.05) is 13.1 Å². The SMILES string of the molecule is CC1Cc2cccc3c4c(n1c23)CCNCC4. The fraction of sp³-hybridized carbons (Fsp3) is 0.467. The molecule has 0 spiro atoms. The lowest BCUT2D eigenvalue weighted by Crippen LogP contribution is -2.17. The van der Waals surface area contributed by atoms with E-state index >= 15 is 0 Å². The maximum atomic E-state index is 3.51. The summed E-state index contributed by atoms with van der Waals surface area (Å²) in [6, 6.07) is 7.51. The van der Waals surface area contributed by atoms with Gasteiger partial charge in [-0.05, 0) is 37.4 Å². The number of nitrogens with zero attached hydrogens (tertiary/aromatic N) is 1. The van der Waals surface area contributed by atoms with Crippen molar-refractivity contribution in [3.05, 3.63) is 35.0 Å². The predicted molar refractivity (Wildman–Crippen MR) is 70.6 cm³/mol. The summed E-state index contributed by atoms with van der Waals surface area (Å²) in [6.45, 7) is 4.62. The van der Waals surface area contributed by atoms with Crippen molar-refractivity contribution in [2.24, 2.45) is 0 Å². The molecule has 0 saturated heterocycles. The van der Waals surface area contributed by atoms with Crippen molar-refractivity contribution >= 4 is 10.9 Å². The summed E-state index contributed by atoms with van der Waals surface area (Å²) in [6.07, 6.45) is 3.59. The van der Waals surface area contributed by atoms with Gasteiger partial charge in [0, 0.05) is 30.1 Å². The van der Waals surface area contributed by atoms with E-state index in [0.29, 0.717) is 6.04 Å². The van der Waals surface area contributed by atoms with E-state index in [1.54, 1.807) is 16.8 Å². The van der Waals surface area contributed by atoms with E-state index in [1.165, 1.54) is 30.2 Å². The van der Waals surface area contributed by atoms with Crippen LogP contribution in [0.5, 0.6) is 0 Å². The number of benzene rings is 1. The number of rotatable bonds is 0. The third kappa shape index (κ3) is 1.19. The number of para-hydroxylation sites is 1. The highest BCUT2D eigenvalue weighted by Crippen LogP contribution is 2.39. The zero-order valence-corrected chi connectivity index (χ0v) is 10.3. The molecule has 0 aliphatic carbocycles. The van der Waals surface area contributed by atoms with Crippen LogP contribution in [0.3, 0.4) is 0 Å². The first-order valence-corrected chi connectivity index (χ1v) is 6.70. The quantitative estimate of drug-likeness (QED) is 0.730. The van der Waals surface area contributed by atoms with Crippen LogP contribution in [0.4, 0.5) is 0 Å². The van der Waals surface area contributed by atoms with Gasteiger partial charge >= 0.3 is 0 Å². The van der Waals surface area contributed by atoms with Gasteiger partial charge in [-0.15, -0.1) is 0 Å². The molecule has 2 aliphatic heterocycles. The average molecular weight is 226 g/mol. The molecule has 3 heterocycles. The fourth-order valence-corrected chi connectivity index (χ4v) is 3.71. The van der Waals surface area contributed by atoms with Gasteiger partial charge in [-0.25, -0.2) is 0 Å². The highest BCUT2D eigenvalue weighted by atomic mass is 15.1. The van der Waals surface area contributed by atoms with Gasteiger partial charge in [0.15, 0.2) is 0 Å². The van der Waals surface area contributed by atoms with E-state index in [-0.39, 0.29) is 0 Å². The topological polar surface area (TPSA) is 17.0 Å². The fourth-order valence-electron chi connectivity index (χ4n) is 3.71. The average Bonchev–Trinajstić information content (AvgIpc) is 2.71. The minimum absolute atomic E-state index is 0.650. The molecule has 2 nitrogen and oxygen atoms in total. The summed E-state index contributed by atoms with van der Waals surface area (Å²) < 4.78 is 2.62. The molecule has 0 radical (unpaired) electrons. The Morgan fingerprint density at radius 3 is 3.06 bits per heavy atom. The molecule has 0 bridgehead atoms. The summed E-state index contributed by atoms with van der Waals surface area (Å²) in [7, 11) is 0. The summed E-state index contributed by atoms with van der Waals surface area (Å²) >= 11 is 0. The predicted octanol–water partition coefficient (Wildman–Crippen LogP) is 2.45. The second-order valence-electron chi connectivity index (χ2n) is 5.41. The maximum Gasteiger partial charge on any atom is 0.0521 e. The van der Waals surface area contributed by atoms with Crippen molar-refractivity contribution in [3.8, 4) is 0 Å². The summed E-state index contributed by atoms with van der Waals surface area (Å²) in [5.74, 6) is 0. The zero-order chi connectivity index (χ0) is 11.4. The van der Waals surface area contributed by atoms with Crippen LogP contribution in [0.25, 0.3) is 10.9 Å². The Labute approximate surface area is 102 Å². The first-order valence-electron chi connectivity index (χ1n) is 6.70. The van der Waals surface area contributed by atoms with Gasteiger partial charge in [0.1, 0.15) is 0 Å². The molecule has 1 unspecified atom stereocenters. The zero-order valence-electron chi connectivity index (χ0n) is 10.3. The maximum absolute atomic E-state index is 3.51. The largest absolute Gasteiger partial charge is 0.341 e. The van der Waals surface area contributed by atoms with Crippen LogP contribution in [-0.2, 0) is 19.3 Å². The Bertz CT molecular complexity index is 594. The number of nitrogens with one attached hydrogen (secondary N) is 1. The van der Waals surface area contributed by atoms with Crippen molar-refractivity contribution in [1.82, 2.24) is 9.88 Å². The molecule has 1 aromatic heterocycles. The van der Waals surface area contributed by atoms with Gasteiger partial charge < -0.3 is 9.88 Å². The molecule has 88 valence electrons. The summed E-state index contributed by atoms with van der Waals surface area (Å²) in [5.41, 5.74) is 6.30. The molecule has 17 heavy (non-hydrogen) atoms. The lowest BCUT2D eigenvalue weighted by atomic mass is 10.0. The molecule has 2 heteroatoms. The standard InChI is InChI=1S/C15H18N2/c1-10-9-11-3-2-4-13-12-5-7-16-8-6-14(12)17(10)15(11)13/h2-4,10,16H,5-9H2,1H3. The van der Waals surface area contributed by atoms with Crippen LogP contribution in [-0.4, -0.2) is 17.7 Å². The second kappa shape index (κ2) is 3.36. The van der Waals surface area contributed by atoms with Gasteiger partial charge in [-0.3, -0.25) is 0 Å². The molecule has 2 aliphatic rings. The number of aromatic nitrogens is 1. The first-order chi connectivity index (χ1) is 8.36. The summed E-state index contributed by atoms with van der Waals surface area (Å²) in [4.78, 5) is 0. The van der Waals surface area contributed by atoms with Gasteiger partial charge in [-0.1, -0.05) is 18.2 Å². The van der Waals surface area contributed by atoms with Crippen molar-refractivity contribution in [1.29, 1.82) is 0 Å². The van der Waals surface area contributed by atoms with E-state index in [9.17, 15) is 0 Å². The molecule has 1 atom stereocenters. The molecule has 1 N–H and O–H groups in total.